The van der Waals surface area contributed by atoms with Crippen molar-refractivity contribution < 1.29 is 4.79 Å². The third-order valence-corrected chi connectivity index (χ3v) is 2.41. The first kappa shape index (κ1) is 6.86. The van der Waals surface area contributed by atoms with Crippen LogP contribution in [0.1, 0.15) is 0 Å². The molecule has 0 unspecified atom stereocenters. The van der Waals surface area contributed by atoms with Gasteiger partial charge in [0.2, 0.25) is 0 Å². The number of alkyl halides is 1. The predicted molar refractivity (Wildman–Crippen MR) is 44.5 cm³/mol. The number of hydrogen-bond donors (Lipinski definition) is 0. The van der Waals surface area contributed by atoms with Crippen molar-refractivity contribution in [1.29, 1.82) is 0 Å². The van der Waals surface area contributed by atoms with Gasteiger partial charge in [-0.25, -0.2) is 0 Å². The second-order valence-corrected chi connectivity index (χ2v) is 3.41. The molecule has 3 aliphatic rings. The summed E-state index contributed by atoms with van der Waals surface area (Å²) in [5.41, 5.74) is 0. The molecule has 0 radical (unpaired) electrons. The first-order valence-electron chi connectivity index (χ1n) is 3.51. The highest BCUT2D eigenvalue weighted by Crippen LogP contribution is 2.30. The van der Waals surface area contributed by atoms with E-state index in [2.05, 4.69) is 0 Å². The van der Waals surface area contributed by atoms with Crippen LogP contribution in [0.3, 0.4) is 0 Å². The number of halogens is 1. The van der Waals surface area contributed by atoms with Crippen LogP contribution in [0, 0.1) is 5.92 Å². The average Bonchev–Trinajstić information content (AvgIpc) is 2.22. The van der Waals surface area contributed by atoms with Gasteiger partial charge < -0.3 is 0 Å². The van der Waals surface area contributed by atoms with Gasteiger partial charge in [-0.1, -0.05) is 30.4 Å². The first-order chi connectivity index (χ1) is 5.21. The molecule has 2 bridgehead atoms. The molecular formula is C9H7ClO. The van der Waals surface area contributed by atoms with Crippen molar-refractivity contribution in [3.63, 3.8) is 0 Å². The Labute approximate surface area is 70.0 Å². The van der Waals surface area contributed by atoms with Gasteiger partial charge in [-0.15, -0.1) is 11.6 Å². The molecular weight excluding hydrogens is 160 g/mol. The lowest BCUT2D eigenvalue weighted by molar-refractivity contribution is -0.115. The number of hydrogen-bond acceptors (Lipinski definition) is 1. The molecule has 0 spiro atoms. The van der Waals surface area contributed by atoms with Crippen molar-refractivity contribution in [2.24, 2.45) is 5.92 Å². The normalized spacial score (nSPS) is 39.7. The van der Waals surface area contributed by atoms with E-state index in [9.17, 15) is 4.79 Å². The Bertz CT molecular complexity index is 272. The maximum atomic E-state index is 11.3. The van der Waals surface area contributed by atoms with Crippen molar-refractivity contribution in [3.8, 4) is 0 Å². The maximum absolute atomic E-state index is 11.3. The van der Waals surface area contributed by atoms with E-state index < -0.39 is 4.87 Å². The summed E-state index contributed by atoms with van der Waals surface area (Å²) in [4.78, 5) is 10.4. The van der Waals surface area contributed by atoms with Gasteiger partial charge in [0.25, 0.3) is 0 Å². The standard InChI is InChI=1S/C9H7ClO/c10-9-5-3-7(4-6-9)1-2-8(9)11/h1-7H. The highest BCUT2D eigenvalue weighted by molar-refractivity contribution is 6.40. The van der Waals surface area contributed by atoms with Crippen LogP contribution in [-0.2, 0) is 4.79 Å². The highest BCUT2D eigenvalue weighted by atomic mass is 35.5. The van der Waals surface area contributed by atoms with E-state index in [-0.39, 0.29) is 11.7 Å². The lowest BCUT2D eigenvalue weighted by Crippen LogP contribution is -2.26. The van der Waals surface area contributed by atoms with Crippen LogP contribution in [0.2, 0.25) is 0 Å². The Balaban J connectivity index is 2.54. The summed E-state index contributed by atoms with van der Waals surface area (Å²) >= 11 is 5.98. The molecule has 3 rings (SSSR count). The van der Waals surface area contributed by atoms with Gasteiger partial charge >= 0.3 is 0 Å². The average molecular weight is 167 g/mol. The molecule has 56 valence electrons. The molecule has 0 saturated heterocycles. The molecule has 3 aliphatic carbocycles. The number of fused-ring (bicyclic) bond motifs is 1. The fourth-order valence-electron chi connectivity index (χ4n) is 1.24. The van der Waals surface area contributed by atoms with Crippen LogP contribution in [0.25, 0.3) is 0 Å². The zero-order valence-electron chi connectivity index (χ0n) is 5.83. The summed E-state index contributed by atoms with van der Waals surface area (Å²) in [6.07, 6.45) is 10.8. The summed E-state index contributed by atoms with van der Waals surface area (Å²) in [7, 11) is 0. The molecule has 2 heteroatoms. The maximum Gasteiger partial charge on any atom is 0.184 e. The Morgan fingerprint density at radius 1 is 1.27 bits per heavy atom. The molecule has 0 amide bonds. The van der Waals surface area contributed by atoms with Gasteiger partial charge in [0, 0.05) is 5.92 Å². The van der Waals surface area contributed by atoms with Crippen molar-refractivity contribution >= 4 is 17.4 Å². The van der Waals surface area contributed by atoms with Gasteiger partial charge in [-0.3, -0.25) is 4.79 Å². The van der Waals surface area contributed by atoms with Crippen molar-refractivity contribution in [2.75, 3.05) is 0 Å². The van der Waals surface area contributed by atoms with E-state index in [1.807, 2.05) is 18.2 Å². The first-order valence-corrected chi connectivity index (χ1v) is 3.89. The molecule has 11 heavy (non-hydrogen) atoms. The summed E-state index contributed by atoms with van der Waals surface area (Å²) in [6.45, 7) is 0. The molecule has 0 aromatic rings. The third kappa shape index (κ3) is 0.962. The van der Waals surface area contributed by atoms with E-state index in [1.165, 1.54) is 0 Å². The fraction of sp³-hybridized carbons (Fsp3) is 0.222. The van der Waals surface area contributed by atoms with Crippen LogP contribution in [0.4, 0.5) is 0 Å². The van der Waals surface area contributed by atoms with Gasteiger partial charge in [0.1, 0.15) is 4.87 Å². The van der Waals surface area contributed by atoms with E-state index in [4.69, 9.17) is 11.6 Å². The highest BCUT2D eigenvalue weighted by Gasteiger charge is 2.32. The number of carbonyl (C=O) groups is 1. The van der Waals surface area contributed by atoms with E-state index in [0.29, 0.717) is 0 Å². The fourth-order valence-corrected chi connectivity index (χ4v) is 1.45. The van der Waals surface area contributed by atoms with Crippen LogP contribution in [0.5, 0.6) is 0 Å². The Kier molecular flexibility index (Phi) is 1.30. The summed E-state index contributed by atoms with van der Waals surface area (Å²) in [5.74, 6) is 0.208. The van der Waals surface area contributed by atoms with E-state index in [1.54, 1.807) is 18.2 Å². The molecule has 0 atom stereocenters. The minimum Gasteiger partial charge on any atom is -0.292 e. The summed E-state index contributed by atoms with van der Waals surface area (Å²) in [6, 6.07) is 0. The zero-order chi connectivity index (χ0) is 7.90. The van der Waals surface area contributed by atoms with Crippen LogP contribution >= 0.6 is 11.6 Å². The number of ketones is 1. The van der Waals surface area contributed by atoms with Crippen molar-refractivity contribution in [2.45, 2.75) is 4.87 Å². The van der Waals surface area contributed by atoms with E-state index >= 15 is 0 Å². The zero-order valence-corrected chi connectivity index (χ0v) is 6.58. The van der Waals surface area contributed by atoms with Crippen LogP contribution in [0.15, 0.2) is 36.5 Å². The Morgan fingerprint density at radius 2 is 1.91 bits per heavy atom. The number of rotatable bonds is 0. The molecule has 0 fully saturated rings. The van der Waals surface area contributed by atoms with Crippen LogP contribution in [-0.4, -0.2) is 10.7 Å². The number of carbonyl (C=O) groups excluding carboxylic acids is 1. The van der Waals surface area contributed by atoms with Crippen molar-refractivity contribution in [1.82, 2.24) is 0 Å². The Hall–Kier alpha value is -0.820. The van der Waals surface area contributed by atoms with Gasteiger partial charge in [0.05, 0.1) is 0 Å². The largest absolute Gasteiger partial charge is 0.292 e. The van der Waals surface area contributed by atoms with Gasteiger partial charge in [-0.05, 0) is 6.08 Å². The lowest BCUT2D eigenvalue weighted by Gasteiger charge is -2.16. The molecule has 0 aromatic heterocycles. The number of allylic oxidation sites excluding steroid dienone is 6. The molecule has 0 aromatic carbocycles. The van der Waals surface area contributed by atoms with Gasteiger partial charge in [0.15, 0.2) is 5.78 Å². The minimum atomic E-state index is -0.885. The predicted octanol–water partition coefficient (Wildman–Crippen LogP) is 1.85. The topological polar surface area (TPSA) is 17.1 Å². The SMILES string of the molecule is O=C1C=CC2C=CC1(Cl)C=C2. The second kappa shape index (κ2) is 2.08. The third-order valence-electron chi connectivity index (χ3n) is 1.97. The second-order valence-electron chi connectivity index (χ2n) is 2.79. The van der Waals surface area contributed by atoms with E-state index in [0.717, 1.165) is 0 Å². The van der Waals surface area contributed by atoms with Crippen molar-refractivity contribution in [3.05, 3.63) is 36.5 Å². The lowest BCUT2D eigenvalue weighted by atomic mass is 9.97. The summed E-state index contributed by atoms with van der Waals surface area (Å²) < 4.78 is 0. The van der Waals surface area contributed by atoms with Crippen LogP contribution < -0.4 is 0 Å². The molecule has 1 nitrogen and oxygen atoms in total. The molecule has 0 heterocycles. The molecule has 0 N–H and O–H groups in total. The quantitative estimate of drug-likeness (QED) is 0.397. The Morgan fingerprint density at radius 3 is 2.55 bits per heavy atom. The van der Waals surface area contributed by atoms with Gasteiger partial charge in [-0.2, -0.15) is 0 Å². The molecule has 0 aliphatic heterocycles. The minimum absolute atomic E-state index is 0.0494. The molecule has 0 saturated carbocycles. The summed E-state index contributed by atoms with van der Waals surface area (Å²) in [5, 5.41) is 0. The monoisotopic (exact) mass is 166 g/mol. The smallest absolute Gasteiger partial charge is 0.184 e.